The quantitative estimate of drug-likeness (QED) is 0.677. The van der Waals surface area contributed by atoms with E-state index in [1.165, 1.54) is 48.9 Å². The van der Waals surface area contributed by atoms with Gasteiger partial charge in [-0.2, -0.15) is 0 Å². The monoisotopic (exact) mass is 334 g/mol. The fourth-order valence-corrected chi connectivity index (χ4v) is 4.83. The van der Waals surface area contributed by atoms with Crippen LogP contribution >= 0.6 is 0 Å². The van der Waals surface area contributed by atoms with Crippen molar-refractivity contribution in [2.24, 2.45) is 5.92 Å². The molecule has 128 valence electrons. The zero-order chi connectivity index (χ0) is 16.8. The van der Waals surface area contributed by atoms with Crippen LogP contribution in [-0.2, 0) is 6.54 Å². The molecule has 3 saturated heterocycles. The maximum Gasteiger partial charge on any atom is 0.128 e. The van der Waals surface area contributed by atoms with Crippen LogP contribution in [0.3, 0.4) is 0 Å². The third kappa shape index (κ3) is 2.58. The third-order valence-electron chi connectivity index (χ3n) is 6.17. The average molecular weight is 334 g/mol. The summed E-state index contributed by atoms with van der Waals surface area (Å²) in [4.78, 5) is 2.60. The van der Waals surface area contributed by atoms with Gasteiger partial charge in [0.2, 0.25) is 0 Å². The highest BCUT2D eigenvalue weighted by Crippen LogP contribution is 2.42. The smallest absolute Gasteiger partial charge is 0.128 e. The molecule has 0 N–H and O–H groups in total. The highest BCUT2D eigenvalue weighted by atomic mass is 19.1. The van der Waals surface area contributed by atoms with Crippen LogP contribution in [0.1, 0.15) is 29.9 Å². The summed E-state index contributed by atoms with van der Waals surface area (Å²) >= 11 is 0. The molecule has 3 aliphatic heterocycles. The summed E-state index contributed by atoms with van der Waals surface area (Å²) in [5.74, 6) is 1.30. The topological polar surface area (TPSA) is 8.17 Å². The molecule has 4 heterocycles. The predicted octanol–water partition coefficient (Wildman–Crippen LogP) is 4.64. The first-order valence-corrected chi connectivity index (χ1v) is 9.33. The molecular weight excluding hydrogens is 311 g/mol. The highest BCUT2D eigenvalue weighted by Gasteiger charge is 2.36. The number of hydrogen-bond donors (Lipinski definition) is 0. The van der Waals surface area contributed by atoms with Crippen molar-refractivity contribution in [3.05, 3.63) is 71.7 Å². The van der Waals surface area contributed by atoms with Crippen LogP contribution in [0.5, 0.6) is 0 Å². The number of halogens is 1. The Balaban J connectivity index is 1.58. The zero-order valence-electron chi connectivity index (χ0n) is 14.4. The predicted molar refractivity (Wildman–Crippen MR) is 99.3 cm³/mol. The molecule has 3 fully saturated rings. The zero-order valence-corrected chi connectivity index (χ0v) is 14.4. The number of rotatable bonds is 3. The van der Waals surface area contributed by atoms with Crippen LogP contribution in [0, 0.1) is 11.7 Å². The van der Waals surface area contributed by atoms with E-state index in [4.69, 9.17) is 0 Å². The molecule has 6 rings (SSSR count). The summed E-state index contributed by atoms with van der Waals surface area (Å²) in [5.41, 5.74) is 3.43. The summed E-state index contributed by atoms with van der Waals surface area (Å²) < 4.78 is 16.4. The molecule has 3 heteroatoms. The van der Waals surface area contributed by atoms with E-state index in [9.17, 15) is 4.39 Å². The Labute approximate surface area is 147 Å². The van der Waals surface area contributed by atoms with Crippen molar-refractivity contribution in [1.82, 2.24) is 9.47 Å². The van der Waals surface area contributed by atoms with Gasteiger partial charge in [0.25, 0.3) is 0 Å². The number of piperidine rings is 3. The van der Waals surface area contributed by atoms with Crippen LogP contribution < -0.4 is 0 Å². The molecule has 2 aromatic carbocycles. The maximum absolute atomic E-state index is 14.1. The van der Waals surface area contributed by atoms with E-state index >= 15 is 0 Å². The van der Waals surface area contributed by atoms with Crippen molar-refractivity contribution in [2.75, 3.05) is 19.6 Å². The Morgan fingerprint density at radius 2 is 1.72 bits per heavy atom. The number of aromatic nitrogens is 1. The molecular formula is C22H23FN2. The second-order valence-corrected chi connectivity index (χ2v) is 7.57. The van der Waals surface area contributed by atoms with Gasteiger partial charge in [-0.25, -0.2) is 4.39 Å². The Hall–Kier alpha value is -2.13. The fourth-order valence-electron chi connectivity index (χ4n) is 4.83. The third-order valence-corrected chi connectivity index (χ3v) is 6.17. The van der Waals surface area contributed by atoms with Crippen molar-refractivity contribution in [3.63, 3.8) is 0 Å². The van der Waals surface area contributed by atoms with Gasteiger partial charge in [-0.15, -0.1) is 0 Å². The number of fused-ring (bicyclic) bond motifs is 4. The van der Waals surface area contributed by atoms with Crippen molar-refractivity contribution in [2.45, 2.75) is 25.3 Å². The Bertz CT molecular complexity index is 905. The van der Waals surface area contributed by atoms with E-state index < -0.39 is 0 Å². The van der Waals surface area contributed by atoms with Crippen LogP contribution in [0.4, 0.5) is 4.39 Å². The minimum Gasteiger partial charge on any atom is -0.343 e. The molecule has 0 amide bonds. The van der Waals surface area contributed by atoms with E-state index in [0.717, 1.165) is 11.5 Å². The van der Waals surface area contributed by atoms with Crippen molar-refractivity contribution < 1.29 is 4.39 Å². The molecule has 0 spiro atoms. The first-order valence-electron chi connectivity index (χ1n) is 9.33. The fraction of sp³-hybridized carbons (Fsp3) is 0.364. The maximum atomic E-state index is 14.1. The molecule has 1 atom stereocenters. The standard InChI is InChI=1S/C22H23FN2/c23-21-7-3-1-5-17(21)13-25-15-20(18-6-2-4-8-22(18)25)19-14-24-11-9-16(19)10-12-24/h1-8,15-16,19H,9-14H2. The van der Waals surface area contributed by atoms with Gasteiger partial charge in [0.05, 0.1) is 6.54 Å². The Morgan fingerprint density at radius 3 is 2.48 bits per heavy atom. The summed E-state index contributed by atoms with van der Waals surface area (Å²) in [5, 5.41) is 1.34. The van der Waals surface area contributed by atoms with Crippen LogP contribution in [0.2, 0.25) is 0 Å². The Morgan fingerprint density at radius 1 is 0.960 bits per heavy atom. The second-order valence-electron chi connectivity index (χ2n) is 7.57. The number of benzene rings is 2. The molecule has 0 radical (unpaired) electrons. The van der Waals surface area contributed by atoms with E-state index in [1.54, 1.807) is 12.1 Å². The number of nitrogens with zero attached hydrogens (tertiary/aromatic N) is 2. The van der Waals surface area contributed by atoms with E-state index in [1.807, 2.05) is 12.1 Å². The normalized spacial score (nSPS) is 25.6. The largest absolute Gasteiger partial charge is 0.343 e. The van der Waals surface area contributed by atoms with Gasteiger partial charge < -0.3 is 9.47 Å². The minimum absolute atomic E-state index is 0.121. The SMILES string of the molecule is Fc1ccccc1Cn1cc(C2CN3CCC2CC3)c2ccccc21. The van der Waals surface area contributed by atoms with Crippen molar-refractivity contribution in [1.29, 1.82) is 0 Å². The highest BCUT2D eigenvalue weighted by molar-refractivity contribution is 5.84. The van der Waals surface area contributed by atoms with Gasteiger partial charge in [0, 0.05) is 35.1 Å². The van der Waals surface area contributed by atoms with Crippen LogP contribution in [-0.4, -0.2) is 29.1 Å². The van der Waals surface area contributed by atoms with Gasteiger partial charge in [-0.1, -0.05) is 36.4 Å². The lowest BCUT2D eigenvalue weighted by Gasteiger charge is -2.44. The molecule has 1 unspecified atom stereocenters. The van der Waals surface area contributed by atoms with E-state index in [2.05, 4.69) is 39.9 Å². The molecule has 1 aromatic heterocycles. The molecule has 3 aliphatic rings. The molecule has 3 aromatic rings. The summed E-state index contributed by atoms with van der Waals surface area (Å²) in [6.07, 6.45) is 4.93. The molecule has 25 heavy (non-hydrogen) atoms. The molecule has 0 saturated carbocycles. The lowest BCUT2D eigenvalue weighted by Crippen LogP contribution is -2.46. The average Bonchev–Trinajstić information content (AvgIpc) is 3.03. The van der Waals surface area contributed by atoms with Crippen molar-refractivity contribution in [3.8, 4) is 0 Å². The number of hydrogen-bond acceptors (Lipinski definition) is 1. The summed E-state index contributed by atoms with van der Waals surface area (Å²) in [7, 11) is 0. The molecule has 2 bridgehead atoms. The summed E-state index contributed by atoms with van der Waals surface area (Å²) in [6, 6.07) is 15.7. The summed E-state index contributed by atoms with van der Waals surface area (Å²) in [6.45, 7) is 4.29. The minimum atomic E-state index is -0.121. The van der Waals surface area contributed by atoms with Crippen molar-refractivity contribution >= 4 is 10.9 Å². The van der Waals surface area contributed by atoms with E-state index in [0.29, 0.717) is 12.5 Å². The molecule has 2 nitrogen and oxygen atoms in total. The number of para-hydroxylation sites is 1. The Kier molecular flexibility index (Phi) is 3.63. The first-order chi connectivity index (χ1) is 12.3. The van der Waals surface area contributed by atoms with Gasteiger partial charge in [0.1, 0.15) is 5.82 Å². The van der Waals surface area contributed by atoms with Gasteiger partial charge in [-0.05, 0) is 49.5 Å². The molecule has 0 aliphatic carbocycles. The van der Waals surface area contributed by atoms with Gasteiger partial charge in [0.15, 0.2) is 0 Å². The second kappa shape index (κ2) is 5.99. The van der Waals surface area contributed by atoms with Gasteiger partial charge >= 0.3 is 0 Å². The van der Waals surface area contributed by atoms with Crippen LogP contribution in [0.15, 0.2) is 54.7 Å². The van der Waals surface area contributed by atoms with Gasteiger partial charge in [-0.3, -0.25) is 0 Å². The lowest BCUT2D eigenvalue weighted by molar-refractivity contribution is 0.0876. The van der Waals surface area contributed by atoms with Crippen LogP contribution in [0.25, 0.3) is 10.9 Å². The van der Waals surface area contributed by atoms with E-state index in [-0.39, 0.29) is 5.82 Å². The first kappa shape index (κ1) is 15.2. The lowest BCUT2D eigenvalue weighted by atomic mass is 9.75.